The predicted octanol–water partition coefficient (Wildman–Crippen LogP) is 2.55. The molecular weight excluding hydrogens is 258 g/mol. The quantitative estimate of drug-likeness (QED) is 0.640. The molecule has 2 rings (SSSR count). The largest absolute Gasteiger partial charge is 0.484 e. The first-order valence-electron chi connectivity index (χ1n) is 6.84. The molecule has 1 aromatic rings. The maximum atomic E-state index is 11.0. The zero-order chi connectivity index (χ0) is 14.8. The molecule has 1 aliphatic rings. The highest BCUT2D eigenvalue weighted by molar-refractivity contribution is 5.59. The van der Waals surface area contributed by atoms with Crippen LogP contribution >= 0.6 is 0 Å². The molecule has 2 N–H and O–H groups in total. The van der Waals surface area contributed by atoms with E-state index in [0.29, 0.717) is 5.75 Å². The smallest absolute Gasteiger partial charge is 0.311 e. The van der Waals surface area contributed by atoms with Crippen LogP contribution in [0.5, 0.6) is 5.75 Å². The third kappa shape index (κ3) is 3.39. The second-order valence-electron chi connectivity index (χ2n) is 5.72. The van der Waals surface area contributed by atoms with Gasteiger partial charge in [-0.1, -0.05) is 0 Å². The van der Waals surface area contributed by atoms with Gasteiger partial charge in [-0.25, -0.2) is 0 Å². The Morgan fingerprint density at radius 1 is 1.50 bits per heavy atom. The highest BCUT2D eigenvalue weighted by Gasteiger charge is 2.28. The van der Waals surface area contributed by atoms with Crippen LogP contribution in [0.2, 0.25) is 0 Å². The van der Waals surface area contributed by atoms with Crippen molar-refractivity contribution in [2.45, 2.75) is 38.8 Å². The van der Waals surface area contributed by atoms with Gasteiger partial charge in [0.15, 0.2) is 5.75 Å². The number of hydrogen-bond acceptors (Lipinski definition) is 5. The van der Waals surface area contributed by atoms with E-state index in [4.69, 9.17) is 4.74 Å². The Balaban J connectivity index is 2.24. The highest BCUT2D eigenvalue weighted by atomic mass is 16.6. The molecule has 1 saturated heterocycles. The van der Waals surface area contributed by atoms with E-state index >= 15 is 0 Å². The van der Waals surface area contributed by atoms with E-state index < -0.39 is 4.92 Å². The van der Waals surface area contributed by atoms with Crippen molar-refractivity contribution >= 4 is 11.4 Å². The molecule has 1 aromatic carbocycles. The first kappa shape index (κ1) is 14.6. The van der Waals surface area contributed by atoms with E-state index in [2.05, 4.69) is 17.6 Å². The van der Waals surface area contributed by atoms with Crippen LogP contribution in [0.3, 0.4) is 0 Å². The fourth-order valence-corrected chi connectivity index (χ4v) is 2.36. The molecule has 0 aromatic heterocycles. The fourth-order valence-electron chi connectivity index (χ4n) is 2.36. The first-order chi connectivity index (χ1) is 9.39. The van der Waals surface area contributed by atoms with E-state index in [9.17, 15) is 10.1 Å². The second kappa shape index (κ2) is 5.66. The van der Waals surface area contributed by atoms with Gasteiger partial charge in [0, 0.05) is 29.9 Å². The predicted molar refractivity (Wildman–Crippen MR) is 78.4 cm³/mol. The molecule has 1 unspecified atom stereocenters. The number of nitrogens with one attached hydrogen (secondary N) is 2. The van der Waals surface area contributed by atoms with Crippen molar-refractivity contribution in [2.75, 3.05) is 18.4 Å². The van der Waals surface area contributed by atoms with E-state index in [-0.39, 0.29) is 17.3 Å². The summed E-state index contributed by atoms with van der Waals surface area (Å²) in [6, 6.07) is 4.93. The van der Waals surface area contributed by atoms with E-state index in [0.717, 1.165) is 25.2 Å². The summed E-state index contributed by atoms with van der Waals surface area (Å²) in [7, 11) is 0. The number of benzene rings is 1. The lowest BCUT2D eigenvalue weighted by Crippen LogP contribution is -2.36. The average Bonchev–Trinajstić information content (AvgIpc) is 2.74. The molecule has 0 radical (unpaired) electrons. The highest BCUT2D eigenvalue weighted by Crippen LogP contribution is 2.32. The average molecular weight is 279 g/mol. The Labute approximate surface area is 118 Å². The number of nitro groups is 1. The molecule has 1 fully saturated rings. The Kier molecular flexibility index (Phi) is 4.13. The molecule has 0 amide bonds. The molecule has 6 nitrogen and oxygen atoms in total. The summed E-state index contributed by atoms with van der Waals surface area (Å²) in [6.45, 7) is 7.70. The summed E-state index contributed by atoms with van der Waals surface area (Å²) in [4.78, 5) is 10.6. The van der Waals surface area contributed by atoms with E-state index in [1.54, 1.807) is 12.1 Å². The number of ether oxygens (including phenoxy) is 1. The zero-order valence-electron chi connectivity index (χ0n) is 12.1. The summed E-state index contributed by atoms with van der Waals surface area (Å²) in [5.74, 6) is 0.310. The van der Waals surface area contributed by atoms with E-state index in [1.807, 2.05) is 13.8 Å². The summed E-state index contributed by atoms with van der Waals surface area (Å²) >= 11 is 0. The maximum Gasteiger partial charge on any atom is 0.311 e. The number of nitro benzene ring substituents is 1. The van der Waals surface area contributed by atoms with Gasteiger partial charge in [0.25, 0.3) is 0 Å². The normalized spacial score (nSPS) is 22.0. The second-order valence-corrected chi connectivity index (χ2v) is 5.72. The van der Waals surface area contributed by atoms with Crippen LogP contribution in [0.4, 0.5) is 11.4 Å². The van der Waals surface area contributed by atoms with Gasteiger partial charge in [-0.05, 0) is 39.8 Å². The lowest BCUT2D eigenvalue weighted by Gasteiger charge is -2.26. The van der Waals surface area contributed by atoms with Crippen LogP contribution < -0.4 is 15.4 Å². The van der Waals surface area contributed by atoms with Crippen molar-refractivity contribution in [1.82, 2.24) is 5.32 Å². The molecule has 1 aliphatic heterocycles. The van der Waals surface area contributed by atoms with Crippen molar-refractivity contribution in [3.05, 3.63) is 28.3 Å². The van der Waals surface area contributed by atoms with Crippen molar-refractivity contribution in [2.24, 2.45) is 0 Å². The van der Waals surface area contributed by atoms with Crippen LogP contribution in [0.25, 0.3) is 0 Å². The van der Waals surface area contributed by atoms with Crippen LogP contribution in [-0.2, 0) is 0 Å². The van der Waals surface area contributed by atoms with Crippen LogP contribution in [0.15, 0.2) is 18.2 Å². The summed E-state index contributed by atoms with van der Waals surface area (Å²) in [5, 5.41) is 17.8. The Morgan fingerprint density at radius 2 is 2.25 bits per heavy atom. The third-order valence-electron chi connectivity index (χ3n) is 3.33. The van der Waals surface area contributed by atoms with Crippen LogP contribution in [0.1, 0.15) is 27.2 Å². The molecule has 110 valence electrons. The number of hydrogen-bond donors (Lipinski definition) is 2. The Bertz CT molecular complexity index is 496. The minimum Gasteiger partial charge on any atom is -0.484 e. The topological polar surface area (TPSA) is 76.4 Å². The van der Waals surface area contributed by atoms with Gasteiger partial charge in [0.1, 0.15) is 0 Å². The monoisotopic (exact) mass is 279 g/mol. The van der Waals surface area contributed by atoms with Gasteiger partial charge in [0.2, 0.25) is 0 Å². The van der Waals surface area contributed by atoms with Crippen LogP contribution in [0, 0.1) is 10.1 Å². The molecule has 0 aliphatic carbocycles. The standard InChI is InChI=1S/C14H21N3O3/c1-10(2)20-13-8-11(4-5-12(13)17(18)19)16-14(3)6-7-15-9-14/h4-5,8,10,15-16H,6-7,9H2,1-3H3. The van der Waals surface area contributed by atoms with Crippen molar-refractivity contribution < 1.29 is 9.66 Å². The lowest BCUT2D eigenvalue weighted by atomic mass is 10.0. The minimum atomic E-state index is -0.416. The van der Waals surface area contributed by atoms with Crippen molar-refractivity contribution in [1.29, 1.82) is 0 Å². The Hall–Kier alpha value is -1.82. The zero-order valence-corrected chi connectivity index (χ0v) is 12.1. The van der Waals surface area contributed by atoms with Gasteiger partial charge in [-0.15, -0.1) is 0 Å². The number of nitrogens with zero attached hydrogens (tertiary/aromatic N) is 1. The van der Waals surface area contributed by atoms with Gasteiger partial charge in [-0.3, -0.25) is 10.1 Å². The molecule has 20 heavy (non-hydrogen) atoms. The van der Waals surface area contributed by atoms with Crippen molar-refractivity contribution in [3.8, 4) is 5.75 Å². The molecule has 0 saturated carbocycles. The molecule has 0 spiro atoms. The molecular formula is C14H21N3O3. The summed E-state index contributed by atoms with van der Waals surface area (Å²) in [6.07, 6.45) is 0.914. The SMILES string of the molecule is CC(C)Oc1cc(NC2(C)CCNC2)ccc1[N+](=O)[O-]. The van der Waals surface area contributed by atoms with Gasteiger partial charge in [0.05, 0.1) is 11.0 Å². The van der Waals surface area contributed by atoms with Gasteiger partial charge < -0.3 is 15.4 Å². The lowest BCUT2D eigenvalue weighted by molar-refractivity contribution is -0.386. The number of rotatable bonds is 5. The van der Waals surface area contributed by atoms with Gasteiger partial charge >= 0.3 is 5.69 Å². The van der Waals surface area contributed by atoms with Crippen molar-refractivity contribution in [3.63, 3.8) is 0 Å². The van der Waals surface area contributed by atoms with E-state index in [1.165, 1.54) is 6.07 Å². The summed E-state index contributed by atoms with van der Waals surface area (Å²) < 4.78 is 5.55. The fraction of sp³-hybridized carbons (Fsp3) is 0.571. The number of anilines is 1. The molecule has 6 heteroatoms. The van der Waals surface area contributed by atoms with Crippen LogP contribution in [-0.4, -0.2) is 29.7 Å². The minimum absolute atomic E-state index is 0.000972. The molecule has 1 heterocycles. The molecule has 1 atom stereocenters. The maximum absolute atomic E-state index is 11.0. The molecule has 0 bridgehead atoms. The third-order valence-corrected chi connectivity index (χ3v) is 3.33. The summed E-state index contributed by atoms with van der Waals surface area (Å²) in [5.41, 5.74) is 0.821. The Morgan fingerprint density at radius 3 is 2.80 bits per heavy atom. The van der Waals surface area contributed by atoms with Gasteiger partial charge in [-0.2, -0.15) is 0 Å². The first-order valence-corrected chi connectivity index (χ1v) is 6.84.